The number of rotatable bonds is 6. The largest absolute Gasteiger partial charge is 0.368 e. The first-order valence-electron chi connectivity index (χ1n) is 11.8. The van der Waals surface area contributed by atoms with Crippen LogP contribution in [-0.2, 0) is 13.0 Å². The van der Waals surface area contributed by atoms with Crippen LogP contribution in [0.3, 0.4) is 0 Å². The van der Waals surface area contributed by atoms with Gasteiger partial charge in [-0.1, -0.05) is 30.7 Å². The van der Waals surface area contributed by atoms with Crippen LogP contribution in [-0.4, -0.2) is 41.5 Å². The van der Waals surface area contributed by atoms with E-state index in [0.29, 0.717) is 18.7 Å². The summed E-state index contributed by atoms with van der Waals surface area (Å²) in [5, 5.41) is 3.83. The molecule has 180 valence electrons. The Labute approximate surface area is 218 Å². The maximum Gasteiger partial charge on any atom is 0.270 e. The number of nitrogens with one attached hydrogen (secondary N) is 1. The number of hydrogen-bond acceptors (Lipinski definition) is 4. The van der Waals surface area contributed by atoms with Gasteiger partial charge in [0.25, 0.3) is 5.91 Å². The van der Waals surface area contributed by atoms with E-state index in [4.69, 9.17) is 11.6 Å². The Hall–Kier alpha value is -3.03. The predicted octanol–water partition coefficient (Wildman–Crippen LogP) is 5.57. The Balaban J connectivity index is 1.20. The molecule has 2 aromatic carbocycles. The van der Waals surface area contributed by atoms with Gasteiger partial charge in [0.2, 0.25) is 0 Å². The summed E-state index contributed by atoms with van der Waals surface area (Å²) < 4.78 is 2.73. The van der Waals surface area contributed by atoms with Crippen LogP contribution in [0.25, 0.3) is 5.65 Å². The number of carbonyl (C=O) groups excluding carboxylic acids is 1. The van der Waals surface area contributed by atoms with Gasteiger partial charge in [-0.05, 0) is 76.4 Å². The number of nitrogens with zero attached hydrogens (tertiary/aromatic N) is 4. The van der Waals surface area contributed by atoms with E-state index >= 15 is 0 Å². The first-order chi connectivity index (χ1) is 17.0. The van der Waals surface area contributed by atoms with Crippen LogP contribution in [0, 0.1) is 0 Å². The van der Waals surface area contributed by atoms with Gasteiger partial charge in [0, 0.05) is 55.3 Å². The molecule has 0 bridgehead atoms. The lowest BCUT2D eigenvalue weighted by Gasteiger charge is -2.37. The van der Waals surface area contributed by atoms with Gasteiger partial charge in [-0.2, -0.15) is 0 Å². The summed E-state index contributed by atoms with van der Waals surface area (Å²) in [6.07, 6.45) is 2.57. The van der Waals surface area contributed by atoms with E-state index in [1.54, 1.807) is 0 Å². The lowest BCUT2D eigenvalue weighted by Crippen LogP contribution is -2.46. The topological polar surface area (TPSA) is 52.9 Å². The van der Waals surface area contributed by atoms with Gasteiger partial charge in [0.15, 0.2) is 5.65 Å². The summed E-state index contributed by atoms with van der Waals surface area (Å²) in [4.78, 5) is 22.5. The summed E-state index contributed by atoms with van der Waals surface area (Å²) in [5.74, 6) is -0.116. The van der Waals surface area contributed by atoms with E-state index in [9.17, 15) is 4.79 Å². The van der Waals surface area contributed by atoms with Crippen LogP contribution in [0.1, 0.15) is 28.7 Å². The number of imidazole rings is 1. The molecule has 5 rings (SSSR count). The Bertz CT molecular complexity index is 1330. The normalized spacial score (nSPS) is 13.9. The zero-order chi connectivity index (χ0) is 24.4. The second-order valence-electron chi connectivity index (χ2n) is 8.61. The summed E-state index contributed by atoms with van der Waals surface area (Å²) in [6.45, 7) is 6.34. The number of pyridine rings is 1. The average molecular weight is 553 g/mol. The van der Waals surface area contributed by atoms with Gasteiger partial charge in [0.05, 0.1) is 10.2 Å². The second-order valence-corrected chi connectivity index (χ2v) is 9.90. The molecule has 0 saturated carbocycles. The summed E-state index contributed by atoms with van der Waals surface area (Å²) in [7, 11) is 0. The molecule has 0 radical (unpaired) electrons. The van der Waals surface area contributed by atoms with Crippen molar-refractivity contribution in [3.63, 3.8) is 0 Å². The van der Waals surface area contributed by atoms with E-state index in [0.717, 1.165) is 52.6 Å². The Morgan fingerprint density at radius 1 is 0.971 bits per heavy atom. The van der Waals surface area contributed by atoms with Crippen molar-refractivity contribution in [3.05, 3.63) is 93.3 Å². The smallest absolute Gasteiger partial charge is 0.270 e. The van der Waals surface area contributed by atoms with Crippen molar-refractivity contribution >= 4 is 50.5 Å². The van der Waals surface area contributed by atoms with Crippen molar-refractivity contribution in [1.29, 1.82) is 0 Å². The molecule has 1 fully saturated rings. The third-order valence-electron chi connectivity index (χ3n) is 6.45. The maximum atomic E-state index is 13.1. The third-order valence-corrected chi connectivity index (χ3v) is 7.32. The van der Waals surface area contributed by atoms with E-state index in [1.807, 2.05) is 41.8 Å². The lowest BCUT2D eigenvalue weighted by molar-refractivity contribution is 0.0944. The van der Waals surface area contributed by atoms with Crippen LogP contribution >= 0.6 is 27.5 Å². The van der Waals surface area contributed by atoms with Crippen molar-refractivity contribution in [2.45, 2.75) is 19.9 Å². The van der Waals surface area contributed by atoms with E-state index in [1.165, 1.54) is 11.4 Å². The minimum absolute atomic E-state index is 0.116. The second kappa shape index (κ2) is 10.3. The monoisotopic (exact) mass is 551 g/mol. The molecule has 2 aromatic heterocycles. The number of hydrogen-bond donors (Lipinski definition) is 1. The highest BCUT2D eigenvalue weighted by atomic mass is 79.9. The molecule has 4 aromatic rings. The van der Waals surface area contributed by atoms with Gasteiger partial charge in [-0.15, -0.1) is 0 Å². The Kier molecular flexibility index (Phi) is 6.97. The molecule has 1 saturated heterocycles. The van der Waals surface area contributed by atoms with E-state index in [-0.39, 0.29) is 5.91 Å². The van der Waals surface area contributed by atoms with Crippen molar-refractivity contribution < 1.29 is 4.79 Å². The zero-order valence-electron chi connectivity index (χ0n) is 19.5. The minimum Gasteiger partial charge on any atom is -0.368 e. The highest BCUT2D eigenvalue weighted by molar-refractivity contribution is 9.10. The first-order valence-corrected chi connectivity index (χ1v) is 13.0. The van der Waals surface area contributed by atoms with Crippen LogP contribution in [0.4, 0.5) is 11.4 Å². The number of benzene rings is 2. The van der Waals surface area contributed by atoms with Crippen LogP contribution in [0.2, 0.25) is 5.02 Å². The quantitative estimate of drug-likeness (QED) is 0.340. The molecule has 6 nitrogen and oxygen atoms in total. The average Bonchev–Trinajstić information content (AvgIpc) is 3.28. The van der Waals surface area contributed by atoms with Gasteiger partial charge in [-0.3, -0.25) is 9.20 Å². The van der Waals surface area contributed by atoms with Crippen molar-refractivity contribution in [2.24, 2.45) is 0 Å². The van der Waals surface area contributed by atoms with Crippen LogP contribution in [0.5, 0.6) is 0 Å². The fourth-order valence-corrected chi connectivity index (χ4v) is 5.09. The lowest BCUT2D eigenvalue weighted by atomic mass is 10.1. The maximum absolute atomic E-state index is 13.1. The molecule has 1 N–H and O–H groups in total. The van der Waals surface area contributed by atoms with Crippen molar-refractivity contribution in [3.8, 4) is 0 Å². The number of carbonyl (C=O) groups is 1. The molecular weight excluding hydrogens is 526 g/mol. The zero-order valence-corrected chi connectivity index (χ0v) is 21.9. The van der Waals surface area contributed by atoms with Crippen molar-refractivity contribution in [2.75, 3.05) is 36.0 Å². The van der Waals surface area contributed by atoms with Gasteiger partial charge < -0.3 is 15.1 Å². The fourth-order valence-electron chi connectivity index (χ4n) is 4.53. The molecule has 8 heteroatoms. The Morgan fingerprint density at radius 3 is 2.17 bits per heavy atom. The first kappa shape index (κ1) is 23.7. The summed E-state index contributed by atoms with van der Waals surface area (Å²) in [5.41, 5.74) is 5.63. The summed E-state index contributed by atoms with van der Waals surface area (Å²) >= 11 is 9.55. The number of halogens is 2. The van der Waals surface area contributed by atoms with E-state index < -0.39 is 0 Å². The SMILES string of the molecule is CCc1nc2c(Br)cccn2c1C(=O)NCc1ccc(N2CCN(c3ccc(Cl)cc3)CC2)cc1. The molecule has 35 heavy (non-hydrogen) atoms. The van der Waals surface area contributed by atoms with Crippen LogP contribution < -0.4 is 15.1 Å². The molecule has 0 aliphatic carbocycles. The highest BCUT2D eigenvalue weighted by Gasteiger charge is 2.20. The van der Waals surface area contributed by atoms with E-state index in [2.05, 4.69) is 72.4 Å². The predicted molar refractivity (Wildman–Crippen MR) is 146 cm³/mol. The number of amides is 1. The minimum atomic E-state index is -0.116. The summed E-state index contributed by atoms with van der Waals surface area (Å²) in [6, 6.07) is 20.3. The number of fused-ring (bicyclic) bond motifs is 1. The molecule has 0 unspecified atom stereocenters. The number of aromatic nitrogens is 2. The van der Waals surface area contributed by atoms with Gasteiger partial charge in [-0.25, -0.2) is 4.98 Å². The van der Waals surface area contributed by atoms with Gasteiger partial charge >= 0.3 is 0 Å². The van der Waals surface area contributed by atoms with Crippen molar-refractivity contribution in [1.82, 2.24) is 14.7 Å². The highest BCUT2D eigenvalue weighted by Crippen LogP contribution is 2.23. The third kappa shape index (κ3) is 5.02. The number of aryl methyl sites for hydroxylation is 1. The molecule has 0 spiro atoms. The fraction of sp³-hybridized carbons (Fsp3) is 0.259. The molecule has 1 aliphatic heterocycles. The van der Waals surface area contributed by atoms with Gasteiger partial charge in [0.1, 0.15) is 5.69 Å². The molecule has 0 atom stereocenters. The van der Waals surface area contributed by atoms with Crippen LogP contribution in [0.15, 0.2) is 71.3 Å². The standard InChI is InChI=1S/C27H27BrClN5O/c1-2-24-25(34-13-3-4-23(28)26(34)31-24)27(35)30-18-19-5-9-21(10-6-19)32-14-16-33(17-15-32)22-11-7-20(29)8-12-22/h3-13H,2,14-18H2,1H3,(H,30,35). The molecule has 3 heterocycles. The molecule has 1 amide bonds. The number of anilines is 2. The number of piperazine rings is 1. The molecule has 1 aliphatic rings. The Morgan fingerprint density at radius 2 is 1.57 bits per heavy atom. The molecular formula is C27H27BrClN5O.